The van der Waals surface area contributed by atoms with E-state index in [1.165, 1.54) is 4.68 Å². The summed E-state index contributed by atoms with van der Waals surface area (Å²) in [6.07, 6.45) is 0. The molecule has 2 aromatic carbocycles. The number of benzene rings is 2. The van der Waals surface area contributed by atoms with Gasteiger partial charge in [-0.05, 0) is 44.5 Å². The summed E-state index contributed by atoms with van der Waals surface area (Å²) in [5, 5.41) is 8.04. The highest BCUT2D eigenvalue weighted by Crippen LogP contribution is 2.20. The number of esters is 1. The summed E-state index contributed by atoms with van der Waals surface area (Å²) in [4.78, 5) is 37.3. The number of hydrogen-bond acceptors (Lipinski definition) is 5. The predicted molar refractivity (Wildman–Crippen MR) is 111 cm³/mol. The first-order chi connectivity index (χ1) is 13.8. The Labute approximate surface area is 172 Å². The standard InChI is InChI=1S/C21H20ClN3O4/c1-12(2)25-20(27)16-7-5-4-6-15(16)19(24-25)21(28)29-11-18(26)23-14-9-8-13(3)17(22)10-14/h4-10,12H,11H2,1-3H3,(H,23,26). The molecule has 1 heterocycles. The number of rotatable bonds is 5. The number of nitrogens with zero attached hydrogens (tertiary/aromatic N) is 2. The van der Waals surface area contributed by atoms with E-state index >= 15 is 0 Å². The Hall–Kier alpha value is -3.19. The molecule has 1 amide bonds. The van der Waals surface area contributed by atoms with Crippen LogP contribution < -0.4 is 10.9 Å². The molecule has 0 aliphatic carbocycles. The molecule has 0 saturated carbocycles. The molecule has 0 saturated heterocycles. The molecule has 0 fully saturated rings. The van der Waals surface area contributed by atoms with E-state index in [0.717, 1.165) is 5.56 Å². The van der Waals surface area contributed by atoms with Gasteiger partial charge in [0.15, 0.2) is 12.3 Å². The average Bonchev–Trinajstić information content (AvgIpc) is 2.69. The topological polar surface area (TPSA) is 90.3 Å². The van der Waals surface area contributed by atoms with Gasteiger partial charge in [-0.2, -0.15) is 5.10 Å². The zero-order valence-electron chi connectivity index (χ0n) is 16.2. The minimum atomic E-state index is -0.785. The molecular weight excluding hydrogens is 394 g/mol. The third-order valence-electron chi connectivity index (χ3n) is 4.30. The number of aryl methyl sites for hydroxylation is 1. The number of ether oxygens (including phenoxy) is 1. The lowest BCUT2D eigenvalue weighted by atomic mass is 10.1. The van der Waals surface area contributed by atoms with Crippen LogP contribution in [0.4, 0.5) is 5.69 Å². The van der Waals surface area contributed by atoms with E-state index in [0.29, 0.717) is 21.5 Å². The van der Waals surface area contributed by atoms with Crippen molar-refractivity contribution in [1.82, 2.24) is 9.78 Å². The van der Waals surface area contributed by atoms with Crippen molar-refractivity contribution in [2.45, 2.75) is 26.8 Å². The molecule has 29 heavy (non-hydrogen) atoms. The van der Waals surface area contributed by atoms with Crippen LogP contribution in [0.3, 0.4) is 0 Å². The van der Waals surface area contributed by atoms with Crippen molar-refractivity contribution in [2.75, 3.05) is 11.9 Å². The van der Waals surface area contributed by atoms with Crippen LogP contribution in [-0.4, -0.2) is 28.3 Å². The maximum Gasteiger partial charge on any atom is 0.359 e. The lowest BCUT2D eigenvalue weighted by Crippen LogP contribution is -2.28. The second kappa shape index (κ2) is 8.45. The molecule has 0 bridgehead atoms. The Morgan fingerprint density at radius 2 is 1.86 bits per heavy atom. The second-order valence-electron chi connectivity index (χ2n) is 6.83. The van der Waals surface area contributed by atoms with Crippen molar-refractivity contribution >= 4 is 39.9 Å². The van der Waals surface area contributed by atoms with Crippen LogP contribution in [0.25, 0.3) is 10.8 Å². The lowest BCUT2D eigenvalue weighted by molar-refractivity contribution is -0.119. The summed E-state index contributed by atoms with van der Waals surface area (Å²) in [6.45, 7) is 4.93. The molecule has 150 valence electrons. The van der Waals surface area contributed by atoms with Crippen molar-refractivity contribution in [2.24, 2.45) is 0 Å². The van der Waals surface area contributed by atoms with Crippen LogP contribution in [0.1, 0.15) is 35.9 Å². The van der Waals surface area contributed by atoms with Gasteiger partial charge < -0.3 is 10.1 Å². The van der Waals surface area contributed by atoms with Gasteiger partial charge in [0.05, 0.1) is 11.4 Å². The summed E-state index contributed by atoms with van der Waals surface area (Å²) >= 11 is 6.04. The van der Waals surface area contributed by atoms with E-state index in [9.17, 15) is 14.4 Å². The molecule has 3 rings (SSSR count). The first kappa shape index (κ1) is 20.5. The summed E-state index contributed by atoms with van der Waals surface area (Å²) in [6, 6.07) is 11.5. The summed E-state index contributed by atoms with van der Waals surface area (Å²) in [5.74, 6) is -1.30. The van der Waals surface area contributed by atoms with Crippen molar-refractivity contribution in [3.63, 3.8) is 0 Å². The molecular formula is C21H20ClN3O4. The van der Waals surface area contributed by atoms with Crippen LogP contribution in [0, 0.1) is 6.92 Å². The van der Waals surface area contributed by atoms with Crippen LogP contribution in [0.5, 0.6) is 0 Å². The third-order valence-corrected chi connectivity index (χ3v) is 4.71. The second-order valence-corrected chi connectivity index (χ2v) is 7.23. The SMILES string of the molecule is Cc1ccc(NC(=O)COC(=O)c2nn(C(C)C)c(=O)c3ccccc23)cc1Cl. The van der Waals surface area contributed by atoms with E-state index in [1.807, 2.05) is 6.92 Å². The number of aromatic nitrogens is 2. The number of carbonyl (C=O) groups is 2. The van der Waals surface area contributed by atoms with Crippen LogP contribution in [0.15, 0.2) is 47.3 Å². The molecule has 0 atom stereocenters. The average molecular weight is 414 g/mol. The van der Waals surface area contributed by atoms with Gasteiger partial charge in [0, 0.05) is 16.1 Å². The Bertz CT molecular complexity index is 1150. The van der Waals surface area contributed by atoms with Gasteiger partial charge in [0.2, 0.25) is 0 Å². The molecule has 0 unspecified atom stereocenters. The molecule has 0 radical (unpaired) electrons. The van der Waals surface area contributed by atoms with Gasteiger partial charge in [0.1, 0.15) is 0 Å². The third kappa shape index (κ3) is 4.46. The number of fused-ring (bicyclic) bond motifs is 1. The molecule has 3 aromatic rings. The van der Waals surface area contributed by atoms with Gasteiger partial charge in [-0.25, -0.2) is 9.48 Å². The molecule has 0 spiro atoms. The van der Waals surface area contributed by atoms with E-state index < -0.39 is 18.5 Å². The molecule has 7 nitrogen and oxygen atoms in total. The maximum atomic E-state index is 12.6. The Morgan fingerprint density at radius 1 is 1.17 bits per heavy atom. The Morgan fingerprint density at radius 3 is 2.52 bits per heavy atom. The van der Waals surface area contributed by atoms with Crippen molar-refractivity contribution in [3.05, 3.63) is 69.1 Å². The zero-order valence-corrected chi connectivity index (χ0v) is 17.0. The maximum absolute atomic E-state index is 12.6. The van der Waals surface area contributed by atoms with E-state index in [-0.39, 0.29) is 17.3 Å². The van der Waals surface area contributed by atoms with E-state index in [1.54, 1.807) is 56.3 Å². The summed E-state index contributed by atoms with van der Waals surface area (Å²) < 4.78 is 6.37. The molecule has 8 heteroatoms. The molecule has 0 aliphatic rings. The minimum Gasteiger partial charge on any atom is -0.451 e. The van der Waals surface area contributed by atoms with Crippen molar-refractivity contribution in [1.29, 1.82) is 0 Å². The van der Waals surface area contributed by atoms with E-state index in [2.05, 4.69) is 10.4 Å². The summed E-state index contributed by atoms with van der Waals surface area (Å²) in [7, 11) is 0. The first-order valence-electron chi connectivity index (χ1n) is 9.02. The lowest BCUT2D eigenvalue weighted by Gasteiger charge is -2.13. The van der Waals surface area contributed by atoms with Gasteiger partial charge in [-0.1, -0.05) is 35.9 Å². The van der Waals surface area contributed by atoms with Crippen LogP contribution >= 0.6 is 11.6 Å². The van der Waals surface area contributed by atoms with E-state index in [4.69, 9.17) is 16.3 Å². The fourth-order valence-electron chi connectivity index (χ4n) is 2.77. The Kier molecular flexibility index (Phi) is 5.98. The Balaban J connectivity index is 1.79. The number of amides is 1. The van der Waals surface area contributed by atoms with Gasteiger partial charge in [0.25, 0.3) is 11.5 Å². The number of carbonyl (C=O) groups excluding carboxylic acids is 2. The molecule has 1 N–H and O–H groups in total. The fourth-order valence-corrected chi connectivity index (χ4v) is 2.95. The minimum absolute atomic E-state index is 0.0138. The van der Waals surface area contributed by atoms with Gasteiger partial charge in [-0.3, -0.25) is 9.59 Å². The molecule has 1 aromatic heterocycles. The van der Waals surface area contributed by atoms with Crippen molar-refractivity contribution < 1.29 is 14.3 Å². The fraction of sp³-hybridized carbons (Fsp3) is 0.238. The highest BCUT2D eigenvalue weighted by atomic mass is 35.5. The largest absolute Gasteiger partial charge is 0.451 e. The number of halogens is 1. The van der Waals surface area contributed by atoms with Crippen LogP contribution in [0.2, 0.25) is 5.02 Å². The monoisotopic (exact) mass is 413 g/mol. The van der Waals surface area contributed by atoms with Gasteiger partial charge in [-0.15, -0.1) is 0 Å². The highest BCUT2D eigenvalue weighted by Gasteiger charge is 2.20. The normalized spacial score (nSPS) is 10.9. The first-order valence-corrected chi connectivity index (χ1v) is 9.40. The van der Waals surface area contributed by atoms with Crippen molar-refractivity contribution in [3.8, 4) is 0 Å². The number of hydrogen-bond donors (Lipinski definition) is 1. The highest BCUT2D eigenvalue weighted by molar-refractivity contribution is 6.31. The number of nitrogens with one attached hydrogen (secondary N) is 1. The quantitative estimate of drug-likeness (QED) is 0.643. The zero-order chi connectivity index (χ0) is 21.1. The predicted octanol–water partition coefficient (Wildman–Crippen LogP) is 3.73. The summed E-state index contributed by atoms with van der Waals surface area (Å²) in [5.41, 5.74) is 1.08. The smallest absolute Gasteiger partial charge is 0.359 e. The van der Waals surface area contributed by atoms with Crippen LogP contribution in [-0.2, 0) is 9.53 Å². The molecule has 0 aliphatic heterocycles. The number of anilines is 1. The van der Waals surface area contributed by atoms with Gasteiger partial charge >= 0.3 is 5.97 Å².